The van der Waals surface area contributed by atoms with E-state index in [0.29, 0.717) is 18.9 Å². The molecule has 0 bridgehead atoms. The molecule has 0 aromatic heterocycles. The van der Waals surface area contributed by atoms with Crippen LogP contribution in [0.1, 0.15) is 51.5 Å². The van der Waals surface area contributed by atoms with E-state index in [4.69, 9.17) is 0 Å². The molecule has 1 heterocycles. The van der Waals surface area contributed by atoms with Crippen LogP contribution in [0.3, 0.4) is 0 Å². The summed E-state index contributed by atoms with van der Waals surface area (Å²) in [5.41, 5.74) is 2.12. The Morgan fingerprint density at radius 2 is 2.00 bits per heavy atom. The fourth-order valence-electron chi connectivity index (χ4n) is 4.02. The van der Waals surface area contributed by atoms with Crippen molar-refractivity contribution < 1.29 is 9.59 Å². The van der Waals surface area contributed by atoms with Crippen LogP contribution in [0.25, 0.3) is 0 Å². The number of aryl methyl sites for hydroxylation is 1. The zero-order valence-electron chi connectivity index (χ0n) is 14.8. The minimum Gasteiger partial charge on any atom is -0.353 e. The molecule has 1 aromatic rings. The SMILES string of the molecule is CCc1ccccc1N1C[C@H](C(=O)N[C@@H]2CCCC[C@@H]2C)CC1=O. The Bertz CT molecular complexity index is 613. The highest BCUT2D eigenvalue weighted by atomic mass is 16.2. The third-order valence-electron chi connectivity index (χ3n) is 5.60. The Morgan fingerprint density at radius 3 is 2.75 bits per heavy atom. The molecule has 4 heteroatoms. The van der Waals surface area contributed by atoms with E-state index in [0.717, 1.165) is 24.1 Å². The summed E-state index contributed by atoms with van der Waals surface area (Å²) in [7, 11) is 0. The maximum absolute atomic E-state index is 12.6. The monoisotopic (exact) mass is 328 g/mol. The minimum absolute atomic E-state index is 0.0542. The summed E-state index contributed by atoms with van der Waals surface area (Å²) in [5, 5.41) is 3.21. The maximum atomic E-state index is 12.6. The van der Waals surface area contributed by atoms with Crippen LogP contribution >= 0.6 is 0 Å². The first-order chi connectivity index (χ1) is 11.6. The summed E-state index contributed by atoms with van der Waals surface area (Å²) in [5.74, 6) is 0.430. The van der Waals surface area contributed by atoms with Crippen LogP contribution in [0.2, 0.25) is 0 Å². The van der Waals surface area contributed by atoms with Crippen molar-refractivity contribution >= 4 is 17.5 Å². The van der Waals surface area contributed by atoms with Gasteiger partial charge in [0.05, 0.1) is 5.92 Å². The molecule has 0 unspecified atom stereocenters. The lowest BCUT2D eigenvalue weighted by atomic mass is 9.85. The average molecular weight is 328 g/mol. The van der Waals surface area contributed by atoms with Gasteiger partial charge in [-0.2, -0.15) is 0 Å². The Kier molecular flexibility index (Phi) is 5.22. The Labute approximate surface area is 144 Å². The van der Waals surface area contributed by atoms with Crippen molar-refractivity contribution in [1.29, 1.82) is 0 Å². The molecule has 1 saturated heterocycles. The van der Waals surface area contributed by atoms with Crippen molar-refractivity contribution in [2.75, 3.05) is 11.4 Å². The molecule has 0 radical (unpaired) electrons. The van der Waals surface area contributed by atoms with Gasteiger partial charge in [-0.1, -0.05) is 44.9 Å². The molecule has 1 aliphatic heterocycles. The van der Waals surface area contributed by atoms with Crippen molar-refractivity contribution in [2.24, 2.45) is 11.8 Å². The van der Waals surface area contributed by atoms with E-state index in [1.807, 2.05) is 18.2 Å². The first kappa shape index (κ1) is 17.0. The van der Waals surface area contributed by atoms with Gasteiger partial charge in [-0.05, 0) is 36.8 Å². The van der Waals surface area contributed by atoms with Crippen LogP contribution in [0, 0.1) is 11.8 Å². The topological polar surface area (TPSA) is 49.4 Å². The second-order valence-corrected chi connectivity index (χ2v) is 7.26. The third kappa shape index (κ3) is 3.47. The normalized spacial score (nSPS) is 27.3. The van der Waals surface area contributed by atoms with Crippen molar-refractivity contribution in [2.45, 2.75) is 58.4 Å². The number of anilines is 1. The third-order valence-corrected chi connectivity index (χ3v) is 5.60. The summed E-state index contributed by atoms with van der Waals surface area (Å²) < 4.78 is 0. The predicted octanol–water partition coefficient (Wildman–Crippen LogP) is 3.30. The summed E-state index contributed by atoms with van der Waals surface area (Å²) in [6.07, 6.45) is 5.91. The standard InChI is InChI=1S/C20H28N2O2/c1-3-15-9-5-7-11-18(15)22-13-16(12-19(22)23)20(24)21-17-10-6-4-8-14(17)2/h5,7,9,11,14,16-17H,3-4,6,8,10,12-13H2,1-2H3,(H,21,24)/t14-,16+,17+/m0/s1. The molecule has 2 aliphatic rings. The van der Waals surface area contributed by atoms with Crippen LogP contribution in [0.4, 0.5) is 5.69 Å². The van der Waals surface area contributed by atoms with E-state index in [1.54, 1.807) is 4.90 Å². The van der Waals surface area contributed by atoms with Gasteiger partial charge >= 0.3 is 0 Å². The molecule has 1 saturated carbocycles. The van der Waals surface area contributed by atoms with E-state index >= 15 is 0 Å². The number of carbonyl (C=O) groups excluding carboxylic acids is 2. The number of carbonyl (C=O) groups is 2. The maximum Gasteiger partial charge on any atom is 0.227 e. The zero-order valence-corrected chi connectivity index (χ0v) is 14.8. The predicted molar refractivity (Wildman–Crippen MR) is 95.8 cm³/mol. The minimum atomic E-state index is -0.225. The zero-order chi connectivity index (χ0) is 17.1. The summed E-state index contributed by atoms with van der Waals surface area (Å²) in [4.78, 5) is 26.9. The van der Waals surface area contributed by atoms with Crippen LogP contribution in [-0.2, 0) is 16.0 Å². The highest BCUT2D eigenvalue weighted by Gasteiger charge is 2.37. The first-order valence-corrected chi connectivity index (χ1v) is 9.28. The summed E-state index contributed by atoms with van der Waals surface area (Å²) >= 11 is 0. The highest BCUT2D eigenvalue weighted by molar-refractivity contribution is 6.00. The second kappa shape index (κ2) is 7.37. The molecule has 1 aliphatic carbocycles. The van der Waals surface area contributed by atoms with Gasteiger partial charge in [0.25, 0.3) is 0 Å². The molecule has 1 N–H and O–H groups in total. The number of hydrogen-bond acceptors (Lipinski definition) is 2. The number of para-hydroxylation sites is 1. The molecule has 1 aromatic carbocycles. The van der Waals surface area contributed by atoms with Gasteiger partial charge in [0.2, 0.25) is 11.8 Å². The molecule has 2 fully saturated rings. The van der Waals surface area contributed by atoms with Gasteiger partial charge in [-0.3, -0.25) is 9.59 Å². The molecule has 2 amide bonds. The van der Waals surface area contributed by atoms with Gasteiger partial charge in [0.1, 0.15) is 0 Å². The summed E-state index contributed by atoms with van der Waals surface area (Å²) in [6, 6.07) is 8.27. The Hall–Kier alpha value is -1.84. The van der Waals surface area contributed by atoms with Crippen LogP contribution in [-0.4, -0.2) is 24.4 Å². The fraction of sp³-hybridized carbons (Fsp3) is 0.600. The van der Waals surface area contributed by atoms with E-state index < -0.39 is 0 Å². The van der Waals surface area contributed by atoms with Gasteiger partial charge in [-0.25, -0.2) is 0 Å². The molecular weight excluding hydrogens is 300 g/mol. The number of hydrogen-bond donors (Lipinski definition) is 1. The average Bonchev–Trinajstić information content (AvgIpc) is 2.98. The van der Waals surface area contributed by atoms with Crippen LogP contribution < -0.4 is 10.2 Å². The largest absolute Gasteiger partial charge is 0.353 e. The lowest BCUT2D eigenvalue weighted by Crippen LogP contribution is -2.44. The van der Waals surface area contributed by atoms with Gasteiger partial charge in [0, 0.05) is 24.7 Å². The van der Waals surface area contributed by atoms with Crippen LogP contribution in [0.5, 0.6) is 0 Å². The number of benzene rings is 1. The first-order valence-electron chi connectivity index (χ1n) is 9.28. The lowest BCUT2D eigenvalue weighted by molar-refractivity contribution is -0.127. The number of nitrogens with one attached hydrogen (secondary N) is 1. The van der Waals surface area contributed by atoms with E-state index in [1.165, 1.54) is 19.3 Å². The molecule has 130 valence electrons. The highest BCUT2D eigenvalue weighted by Crippen LogP contribution is 2.29. The number of nitrogens with zero attached hydrogens (tertiary/aromatic N) is 1. The van der Waals surface area contributed by atoms with E-state index in [2.05, 4.69) is 25.2 Å². The number of amides is 2. The molecule has 3 atom stereocenters. The molecular formula is C20H28N2O2. The van der Waals surface area contributed by atoms with Crippen molar-refractivity contribution in [3.05, 3.63) is 29.8 Å². The molecule has 4 nitrogen and oxygen atoms in total. The Morgan fingerprint density at radius 1 is 1.25 bits per heavy atom. The number of rotatable bonds is 4. The van der Waals surface area contributed by atoms with Crippen LogP contribution in [0.15, 0.2) is 24.3 Å². The van der Waals surface area contributed by atoms with Gasteiger partial charge in [0.15, 0.2) is 0 Å². The van der Waals surface area contributed by atoms with Gasteiger partial charge < -0.3 is 10.2 Å². The molecule has 3 rings (SSSR count). The van der Waals surface area contributed by atoms with Gasteiger partial charge in [-0.15, -0.1) is 0 Å². The smallest absolute Gasteiger partial charge is 0.227 e. The van der Waals surface area contributed by atoms with Crippen molar-refractivity contribution in [1.82, 2.24) is 5.32 Å². The van der Waals surface area contributed by atoms with Crippen molar-refractivity contribution in [3.63, 3.8) is 0 Å². The second-order valence-electron chi connectivity index (χ2n) is 7.26. The van der Waals surface area contributed by atoms with E-state index in [9.17, 15) is 9.59 Å². The quantitative estimate of drug-likeness (QED) is 0.922. The Balaban J connectivity index is 1.67. The molecule has 0 spiro atoms. The van der Waals surface area contributed by atoms with Crippen molar-refractivity contribution in [3.8, 4) is 0 Å². The summed E-state index contributed by atoms with van der Waals surface area (Å²) in [6.45, 7) is 4.81. The fourth-order valence-corrected chi connectivity index (χ4v) is 4.02. The lowest BCUT2D eigenvalue weighted by Gasteiger charge is -2.30. The van der Waals surface area contributed by atoms with E-state index in [-0.39, 0.29) is 23.8 Å². The molecule has 24 heavy (non-hydrogen) atoms.